The summed E-state index contributed by atoms with van der Waals surface area (Å²) in [4.78, 5) is 13.7. The molecule has 1 fully saturated rings. The van der Waals surface area contributed by atoms with Crippen molar-refractivity contribution >= 4 is 21.8 Å². The van der Waals surface area contributed by atoms with Crippen molar-refractivity contribution in [1.82, 2.24) is 4.90 Å². The summed E-state index contributed by atoms with van der Waals surface area (Å²) in [6, 6.07) is 4.05. The zero-order chi connectivity index (χ0) is 14.2. The van der Waals surface area contributed by atoms with E-state index in [0.717, 1.165) is 4.47 Å². The van der Waals surface area contributed by atoms with Crippen LogP contribution in [0.3, 0.4) is 0 Å². The van der Waals surface area contributed by atoms with Gasteiger partial charge in [-0.15, -0.1) is 0 Å². The number of nitrogens with two attached hydrogens (primary N) is 1. The van der Waals surface area contributed by atoms with Gasteiger partial charge in [-0.3, -0.25) is 4.79 Å². The van der Waals surface area contributed by atoms with Gasteiger partial charge in [-0.05, 0) is 24.1 Å². The van der Waals surface area contributed by atoms with Crippen LogP contribution >= 0.6 is 15.9 Å². The standard InChI is InChI=1S/C14H18BrFN2O/c1-8(2)7-18-13(19)6-12(17)14(18)10-5-9(15)3-4-11(10)16/h3-5,8,12,14H,6-7,17H2,1-2H3. The van der Waals surface area contributed by atoms with Crippen LogP contribution in [-0.2, 0) is 4.79 Å². The second-order valence-corrected chi connectivity index (χ2v) is 6.33. The van der Waals surface area contributed by atoms with Crippen LogP contribution in [0.15, 0.2) is 22.7 Å². The third kappa shape index (κ3) is 2.98. The molecular formula is C14H18BrFN2O. The quantitative estimate of drug-likeness (QED) is 0.927. The molecule has 104 valence electrons. The van der Waals surface area contributed by atoms with Gasteiger partial charge < -0.3 is 10.6 Å². The van der Waals surface area contributed by atoms with E-state index in [4.69, 9.17) is 5.73 Å². The molecule has 0 radical (unpaired) electrons. The molecule has 0 spiro atoms. The van der Waals surface area contributed by atoms with Crippen LogP contribution in [0.25, 0.3) is 0 Å². The zero-order valence-corrected chi connectivity index (χ0v) is 12.7. The molecule has 3 nitrogen and oxygen atoms in total. The van der Waals surface area contributed by atoms with E-state index in [2.05, 4.69) is 15.9 Å². The Kier molecular flexibility index (Phi) is 4.26. The molecule has 0 aromatic heterocycles. The third-order valence-corrected chi connectivity index (χ3v) is 3.80. The first-order valence-corrected chi connectivity index (χ1v) is 7.19. The molecule has 19 heavy (non-hydrogen) atoms. The molecule has 0 bridgehead atoms. The average molecular weight is 329 g/mol. The van der Waals surface area contributed by atoms with E-state index < -0.39 is 0 Å². The van der Waals surface area contributed by atoms with Gasteiger partial charge in [0.25, 0.3) is 0 Å². The molecule has 1 aromatic rings. The minimum Gasteiger partial charge on any atom is -0.334 e. The third-order valence-electron chi connectivity index (χ3n) is 3.31. The fourth-order valence-corrected chi connectivity index (χ4v) is 2.94. The van der Waals surface area contributed by atoms with E-state index >= 15 is 0 Å². The lowest BCUT2D eigenvalue weighted by Crippen LogP contribution is -2.36. The highest BCUT2D eigenvalue weighted by Gasteiger charge is 2.39. The Morgan fingerprint density at radius 3 is 2.84 bits per heavy atom. The van der Waals surface area contributed by atoms with Crippen molar-refractivity contribution in [2.45, 2.75) is 32.4 Å². The number of rotatable bonds is 3. The van der Waals surface area contributed by atoms with E-state index in [0.29, 0.717) is 18.0 Å². The summed E-state index contributed by atoms with van der Waals surface area (Å²) in [6.45, 7) is 4.67. The van der Waals surface area contributed by atoms with Crippen molar-refractivity contribution in [2.75, 3.05) is 6.54 Å². The molecule has 1 heterocycles. The fourth-order valence-electron chi connectivity index (χ4n) is 2.57. The second kappa shape index (κ2) is 5.59. The van der Waals surface area contributed by atoms with Gasteiger partial charge in [0.2, 0.25) is 5.91 Å². The van der Waals surface area contributed by atoms with Crippen LogP contribution in [0.1, 0.15) is 31.9 Å². The van der Waals surface area contributed by atoms with E-state index in [9.17, 15) is 9.18 Å². The lowest BCUT2D eigenvalue weighted by molar-refractivity contribution is -0.129. The smallest absolute Gasteiger partial charge is 0.224 e. The molecule has 0 saturated carbocycles. The molecule has 2 atom stereocenters. The molecule has 1 aromatic carbocycles. The molecule has 2 unspecified atom stereocenters. The normalized spacial score (nSPS) is 23.5. The van der Waals surface area contributed by atoms with Crippen molar-refractivity contribution < 1.29 is 9.18 Å². The maximum absolute atomic E-state index is 14.0. The number of carbonyl (C=O) groups excluding carboxylic acids is 1. The number of benzene rings is 1. The molecule has 0 aliphatic carbocycles. The van der Waals surface area contributed by atoms with Crippen molar-refractivity contribution in [2.24, 2.45) is 11.7 Å². The Balaban J connectivity index is 2.39. The van der Waals surface area contributed by atoms with Crippen LogP contribution in [0.5, 0.6) is 0 Å². The van der Waals surface area contributed by atoms with E-state index in [1.807, 2.05) is 13.8 Å². The molecule has 2 N–H and O–H groups in total. The lowest BCUT2D eigenvalue weighted by atomic mass is 9.99. The van der Waals surface area contributed by atoms with Gasteiger partial charge >= 0.3 is 0 Å². The number of likely N-dealkylation sites (tertiary alicyclic amines) is 1. The van der Waals surface area contributed by atoms with Crippen LogP contribution in [0.4, 0.5) is 4.39 Å². The Bertz CT molecular complexity index is 492. The molecule has 1 aliphatic heterocycles. The van der Waals surface area contributed by atoms with Gasteiger partial charge in [0.1, 0.15) is 5.82 Å². The first-order valence-electron chi connectivity index (χ1n) is 6.40. The Labute approximate surface area is 121 Å². The Morgan fingerprint density at radius 2 is 2.21 bits per heavy atom. The maximum atomic E-state index is 14.0. The highest BCUT2D eigenvalue weighted by atomic mass is 79.9. The van der Waals surface area contributed by atoms with Gasteiger partial charge in [-0.1, -0.05) is 29.8 Å². The van der Waals surface area contributed by atoms with Gasteiger partial charge in [0.15, 0.2) is 0 Å². The predicted octanol–water partition coefficient (Wildman–Crippen LogP) is 2.84. The van der Waals surface area contributed by atoms with Gasteiger partial charge in [0, 0.05) is 29.0 Å². The first-order chi connectivity index (χ1) is 8.90. The number of hydrogen-bond acceptors (Lipinski definition) is 2. The van der Waals surface area contributed by atoms with Crippen molar-refractivity contribution in [3.63, 3.8) is 0 Å². The van der Waals surface area contributed by atoms with Crippen molar-refractivity contribution in [3.05, 3.63) is 34.1 Å². The number of halogens is 2. The highest BCUT2D eigenvalue weighted by Crippen LogP contribution is 2.35. The minimum atomic E-state index is -0.368. The molecule has 5 heteroatoms. The largest absolute Gasteiger partial charge is 0.334 e. The number of carbonyl (C=O) groups is 1. The number of nitrogens with zero attached hydrogens (tertiary/aromatic N) is 1. The summed E-state index contributed by atoms with van der Waals surface area (Å²) >= 11 is 3.34. The van der Waals surface area contributed by atoms with Gasteiger partial charge in [0.05, 0.1) is 6.04 Å². The average Bonchev–Trinajstić information content (AvgIpc) is 2.57. The Morgan fingerprint density at radius 1 is 1.53 bits per heavy atom. The Hall–Kier alpha value is -0.940. The number of hydrogen-bond donors (Lipinski definition) is 1. The molecule has 2 rings (SSSR count). The second-order valence-electron chi connectivity index (χ2n) is 5.42. The highest BCUT2D eigenvalue weighted by molar-refractivity contribution is 9.10. The molecule has 1 aliphatic rings. The molecular weight excluding hydrogens is 311 g/mol. The summed E-state index contributed by atoms with van der Waals surface area (Å²) < 4.78 is 14.8. The molecule has 1 amide bonds. The number of amides is 1. The lowest BCUT2D eigenvalue weighted by Gasteiger charge is -2.29. The maximum Gasteiger partial charge on any atom is 0.224 e. The SMILES string of the molecule is CC(C)CN1C(=O)CC(N)C1c1cc(Br)ccc1F. The zero-order valence-electron chi connectivity index (χ0n) is 11.1. The van der Waals surface area contributed by atoms with Gasteiger partial charge in [-0.2, -0.15) is 0 Å². The predicted molar refractivity (Wildman–Crippen MR) is 76.0 cm³/mol. The van der Waals surface area contributed by atoms with Crippen LogP contribution in [0, 0.1) is 11.7 Å². The first kappa shape index (κ1) is 14.5. The fraction of sp³-hybridized carbons (Fsp3) is 0.500. The van der Waals surface area contributed by atoms with E-state index in [1.165, 1.54) is 6.07 Å². The molecule has 1 saturated heterocycles. The van der Waals surface area contributed by atoms with Crippen LogP contribution < -0.4 is 5.73 Å². The van der Waals surface area contributed by atoms with E-state index in [1.54, 1.807) is 17.0 Å². The monoisotopic (exact) mass is 328 g/mol. The summed E-state index contributed by atoms with van der Waals surface area (Å²) in [6.07, 6.45) is 0.281. The topological polar surface area (TPSA) is 46.3 Å². The minimum absolute atomic E-state index is 0.00516. The summed E-state index contributed by atoms with van der Waals surface area (Å²) in [5.41, 5.74) is 6.54. The van der Waals surface area contributed by atoms with Gasteiger partial charge in [-0.25, -0.2) is 4.39 Å². The summed E-state index contributed by atoms with van der Waals surface area (Å²) in [7, 11) is 0. The van der Waals surface area contributed by atoms with Crippen molar-refractivity contribution in [1.29, 1.82) is 0 Å². The van der Waals surface area contributed by atoms with Crippen LogP contribution in [-0.4, -0.2) is 23.4 Å². The van der Waals surface area contributed by atoms with Crippen molar-refractivity contribution in [3.8, 4) is 0 Å². The van der Waals surface area contributed by atoms with Crippen LogP contribution in [0.2, 0.25) is 0 Å². The van der Waals surface area contributed by atoms with E-state index in [-0.39, 0.29) is 30.2 Å². The summed E-state index contributed by atoms with van der Waals surface area (Å²) in [5.74, 6) is 0.0182. The summed E-state index contributed by atoms with van der Waals surface area (Å²) in [5, 5.41) is 0.